The van der Waals surface area contributed by atoms with E-state index in [1.54, 1.807) is 17.0 Å². The SMILES string of the molecule is NC1(C(=O)N2CCc3c(F)cccc32)CC1. The maximum atomic E-state index is 13.5. The monoisotopic (exact) mass is 220 g/mol. The topological polar surface area (TPSA) is 46.3 Å². The number of anilines is 1. The van der Waals surface area contributed by atoms with Gasteiger partial charge in [0.05, 0.1) is 5.54 Å². The van der Waals surface area contributed by atoms with E-state index in [2.05, 4.69) is 0 Å². The van der Waals surface area contributed by atoms with Gasteiger partial charge in [0.2, 0.25) is 5.91 Å². The third-order valence-electron chi connectivity index (χ3n) is 3.43. The fourth-order valence-corrected chi connectivity index (χ4v) is 2.22. The fourth-order valence-electron chi connectivity index (χ4n) is 2.22. The first-order valence-corrected chi connectivity index (χ1v) is 5.50. The van der Waals surface area contributed by atoms with Gasteiger partial charge in [0.15, 0.2) is 0 Å². The summed E-state index contributed by atoms with van der Waals surface area (Å²) in [4.78, 5) is 13.7. The van der Waals surface area contributed by atoms with Crippen LogP contribution < -0.4 is 10.6 Å². The number of benzene rings is 1. The van der Waals surface area contributed by atoms with Gasteiger partial charge in [0.1, 0.15) is 5.82 Å². The Balaban J connectivity index is 1.97. The minimum Gasteiger partial charge on any atom is -0.317 e. The van der Waals surface area contributed by atoms with Crippen molar-refractivity contribution < 1.29 is 9.18 Å². The molecule has 1 aliphatic carbocycles. The fraction of sp³-hybridized carbons (Fsp3) is 0.417. The van der Waals surface area contributed by atoms with Crippen LogP contribution >= 0.6 is 0 Å². The molecular formula is C12H13FN2O. The van der Waals surface area contributed by atoms with E-state index in [-0.39, 0.29) is 11.7 Å². The molecule has 1 aromatic rings. The summed E-state index contributed by atoms with van der Waals surface area (Å²) in [5.41, 5.74) is 6.54. The average Bonchev–Trinajstić information content (AvgIpc) is 2.88. The van der Waals surface area contributed by atoms with Crippen LogP contribution in [0.5, 0.6) is 0 Å². The number of hydrogen-bond donors (Lipinski definition) is 1. The Hall–Kier alpha value is -1.42. The summed E-state index contributed by atoms with van der Waals surface area (Å²) in [7, 11) is 0. The number of halogens is 1. The lowest BCUT2D eigenvalue weighted by molar-refractivity contribution is -0.120. The van der Waals surface area contributed by atoms with Gasteiger partial charge in [-0.1, -0.05) is 6.07 Å². The number of hydrogen-bond acceptors (Lipinski definition) is 2. The van der Waals surface area contributed by atoms with E-state index in [1.165, 1.54) is 6.07 Å². The van der Waals surface area contributed by atoms with Crippen molar-refractivity contribution in [3.05, 3.63) is 29.6 Å². The average molecular weight is 220 g/mol. The van der Waals surface area contributed by atoms with E-state index in [1.807, 2.05) is 0 Å². The first kappa shape index (κ1) is 9.78. The summed E-state index contributed by atoms with van der Waals surface area (Å²) in [6.07, 6.45) is 2.07. The number of carbonyl (C=O) groups excluding carboxylic acids is 1. The zero-order chi connectivity index (χ0) is 11.3. The first-order valence-electron chi connectivity index (χ1n) is 5.50. The molecule has 0 atom stereocenters. The Morgan fingerprint density at radius 2 is 2.19 bits per heavy atom. The van der Waals surface area contributed by atoms with Crippen molar-refractivity contribution in [2.75, 3.05) is 11.4 Å². The van der Waals surface area contributed by atoms with Gasteiger partial charge in [0.25, 0.3) is 0 Å². The second kappa shape index (κ2) is 3.04. The molecule has 1 amide bonds. The van der Waals surface area contributed by atoms with Crippen LogP contribution in [0.25, 0.3) is 0 Å². The molecular weight excluding hydrogens is 207 g/mol. The molecule has 16 heavy (non-hydrogen) atoms. The zero-order valence-electron chi connectivity index (χ0n) is 8.87. The smallest absolute Gasteiger partial charge is 0.247 e. The molecule has 2 N–H and O–H groups in total. The number of fused-ring (bicyclic) bond motifs is 1. The molecule has 0 bridgehead atoms. The Morgan fingerprint density at radius 3 is 2.88 bits per heavy atom. The molecule has 1 fully saturated rings. The Morgan fingerprint density at radius 1 is 1.44 bits per heavy atom. The largest absolute Gasteiger partial charge is 0.317 e. The van der Waals surface area contributed by atoms with E-state index < -0.39 is 5.54 Å². The molecule has 3 nitrogen and oxygen atoms in total. The quantitative estimate of drug-likeness (QED) is 0.773. The van der Waals surface area contributed by atoms with E-state index in [0.717, 1.165) is 12.8 Å². The van der Waals surface area contributed by atoms with Crippen molar-refractivity contribution >= 4 is 11.6 Å². The molecule has 0 saturated heterocycles. The highest BCUT2D eigenvalue weighted by Crippen LogP contribution is 2.38. The maximum absolute atomic E-state index is 13.5. The summed E-state index contributed by atoms with van der Waals surface area (Å²) in [5, 5.41) is 0. The van der Waals surface area contributed by atoms with Gasteiger partial charge in [-0.3, -0.25) is 4.79 Å². The molecule has 0 unspecified atom stereocenters. The van der Waals surface area contributed by atoms with Crippen LogP contribution in [0.1, 0.15) is 18.4 Å². The van der Waals surface area contributed by atoms with Crippen molar-refractivity contribution in [1.29, 1.82) is 0 Å². The number of nitrogens with zero attached hydrogens (tertiary/aromatic N) is 1. The zero-order valence-corrected chi connectivity index (χ0v) is 8.87. The summed E-state index contributed by atoms with van der Waals surface area (Å²) < 4.78 is 13.5. The summed E-state index contributed by atoms with van der Waals surface area (Å²) in [5.74, 6) is -0.286. The highest BCUT2D eigenvalue weighted by molar-refractivity contribution is 6.03. The summed E-state index contributed by atoms with van der Waals surface area (Å²) >= 11 is 0. The second-order valence-corrected chi connectivity index (χ2v) is 4.60. The van der Waals surface area contributed by atoms with Crippen LogP contribution in [0, 0.1) is 5.82 Å². The van der Waals surface area contributed by atoms with Crippen molar-refractivity contribution in [1.82, 2.24) is 0 Å². The Labute approximate surface area is 93.0 Å². The molecule has 1 aliphatic heterocycles. The van der Waals surface area contributed by atoms with Crippen LogP contribution in [-0.4, -0.2) is 18.0 Å². The molecule has 84 valence electrons. The maximum Gasteiger partial charge on any atom is 0.247 e. The van der Waals surface area contributed by atoms with Gasteiger partial charge in [-0.25, -0.2) is 4.39 Å². The molecule has 0 spiro atoms. The van der Waals surface area contributed by atoms with Gasteiger partial charge in [-0.05, 0) is 31.4 Å². The number of amides is 1. The summed E-state index contributed by atoms with van der Waals surface area (Å²) in [6.45, 7) is 0.550. The molecule has 1 heterocycles. The van der Waals surface area contributed by atoms with E-state index in [4.69, 9.17) is 5.73 Å². The predicted octanol–water partition coefficient (Wildman–Crippen LogP) is 1.21. The van der Waals surface area contributed by atoms with Gasteiger partial charge in [-0.15, -0.1) is 0 Å². The van der Waals surface area contributed by atoms with E-state index in [0.29, 0.717) is 24.2 Å². The van der Waals surface area contributed by atoms with Crippen molar-refractivity contribution in [3.63, 3.8) is 0 Å². The second-order valence-electron chi connectivity index (χ2n) is 4.60. The van der Waals surface area contributed by atoms with Crippen molar-refractivity contribution in [2.45, 2.75) is 24.8 Å². The standard InChI is InChI=1S/C12H13FN2O/c13-9-2-1-3-10-8(9)4-7-15(10)11(16)12(14)5-6-12/h1-3H,4-7,14H2. The molecule has 3 rings (SSSR count). The van der Waals surface area contributed by atoms with Crippen LogP contribution in [0.15, 0.2) is 18.2 Å². The molecule has 0 radical (unpaired) electrons. The van der Waals surface area contributed by atoms with Gasteiger partial charge in [0, 0.05) is 17.8 Å². The number of rotatable bonds is 1. The number of nitrogens with two attached hydrogens (primary N) is 1. The highest BCUT2D eigenvalue weighted by atomic mass is 19.1. The van der Waals surface area contributed by atoms with Gasteiger partial charge < -0.3 is 10.6 Å². The molecule has 2 aliphatic rings. The van der Waals surface area contributed by atoms with Gasteiger partial charge >= 0.3 is 0 Å². The normalized spacial score (nSPS) is 20.8. The third kappa shape index (κ3) is 1.26. The molecule has 1 saturated carbocycles. The van der Waals surface area contributed by atoms with Crippen molar-refractivity contribution in [2.24, 2.45) is 5.73 Å². The lowest BCUT2D eigenvalue weighted by Crippen LogP contribution is -2.45. The first-order chi connectivity index (χ1) is 7.62. The minimum atomic E-state index is -0.673. The highest BCUT2D eigenvalue weighted by Gasteiger charge is 2.49. The van der Waals surface area contributed by atoms with Crippen LogP contribution in [0.3, 0.4) is 0 Å². The van der Waals surface area contributed by atoms with E-state index in [9.17, 15) is 9.18 Å². The molecule has 4 heteroatoms. The lowest BCUT2D eigenvalue weighted by atomic mass is 10.1. The van der Waals surface area contributed by atoms with Crippen LogP contribution in [0.2, 0.25) is 0 Å². The van der Waals surface area contributed by atoms with E-state index >= 15 is 0 Å². The minimum absolute atomic E-state index is 0.0585. The Bertz CT molecular complexity index is 468. The lowest BCUT2D eigenvalue weighted by Gasteiger charge is -2.21. The van der Waals surface area contributed by atoms with Crippen LogP contribution in [-0.2, 0) is 11.2 Å². The Kier molecular flexibility index (Phi) is 1.86. The molecule has 0 aromatic heterocycles. The third-order valence-corrected chi connectivity index (χ3v) is 3.43. The number of carbonyl (C=O) groups is 1. The predicted molar refractivity (Wildman–Crippen MR) is 58.6 cm³/mol. The summed E-state index contributed by atoms with van der Waals surface area (Å²) in [6, 6.07) is 4.85. The van der Waals surface area contributed by atoms with Crippen molar-refractivity contribution in [3.8, 4) is 0 Å². The molecule has 1 aromatic carbocycles. The van der Waals surface area contributed by atoms with Crippen LogP contribution in [0.4, 0.5) is 10.1 Å². The van der Waals surface area contributed by atoms with Gasteiger partial charge in [-0.2, -0.15) is 0 Å².